The van der Waals surface area contributed by atoms with E-state index in [0.29, 0.717) is 11.4 Å². The Morgan fingerprint density at radius 3 is 2.74 bits per heavy atom. The largest absolute Gasteiger partial charge is 0.508 e. The van der Waals surface area contributed by atoms with Crippen LogP contribution in [0.15, 0.2) is 41.5 Å². The van der Waals surface area contributed by atoms with Crippen LogP contribution in [0.2, 0.25) is 0 Å². The summed E-state index contributed by atoms with van der Waals surface area (Å²) in [4.78, 5) is 26.5. The predicted molar refractivity (Wildman–Crippen MR) is 65.1 cm³/mol. The molecule has 0 spiro atoms. The summed E-state index contributed by atoms with van der Waals surface area (Å²) in [5.41, 5.74) is 0.729. The Kier molecular flexibility index (Phi) is 4.28. The number of aromatic amines is 1. The van der Waals surface area contributed by atoms with E-state index in [4.69, 9.17) is 0 Å². The fraction of sp³-hybridized carbons (Fsp3) is 0. The van der Waals surface area contributed by atoms with Gasteiger partial charge in [-0.25, -0.2) is 15.0 Å². The van der Waals surface area contributed by atoms with Gasteiger partial charge in [-0.15, -0.1) is 0 Å². The summed E-state index contributed by atoms with van der Waals surface area (Å²) in [5.74, 6) is 0.457. The third kappa shape index (κ3) is 2.82. The number of benzene rings is 1. The number of nitrogens with one attached hydrogen (secondary N) is 1. The third-order valence-corrected chi connectivity index (χ3v) is 2.46. The van der Waals surface area contributed by atoms with Crippen molar-refractivity contribution in [1.82, 2.24) is 19.9 Å². The maximum atomic E-state index is 11.8. The molecule has 2 N–H and O–H groups in total. The van der Waals surface area contributed by atoms with Crippen LogP contribution >= 0.6 is 0 Å². The molecule has 0 aliphatic heterocycles. The van der Waals surface area contributed by atoms with Gasteiger partial charge in [0.25, 0.3) is 5.56 Å². The number of aromatic hydroxyl groups is 1. The molecule has 2 aromatic heterocycles. The van der Waals surface area contributed by atoms with Crippen LogP contribution in [0, 0.1) is 44.1 Å². The van der Waals surface area contributed by atoms with Crippen molar-refractivity contribution >= 4 is 11.2 Å². The second-order valence-electron chi connectivity index (χ2n) is 3.69. The van der Waals surface area contributed by atoms with Gasteiger partial charge >= 0.3 is 0 Å². The summed E-state index contributed by atoms with van der Waals surface area (Å²) in [6.07, 6.45) is 2.91. The fourth-order valence-electron chi connectivity index (χ4n) is 1.66. The Morgan fingerprint density at radius 1 is 1.16 bits per heavy atom. The normalized spacial score (nSPS) is 10.1. The zero-order valence-corrected chi connectivity index (χ0v) is 14.5. The van der Waals surface area contributed by atoms with E-state index in [0.717, 1.165) is 0 Å². The molecule has 7 heteroatoms. The summed E-state index contributed by atoms with van der Waals surface area (Å²) in [6, 6.07) is 6.47. The molecule has 2 heterocycles. The predicted octanol–water partition coefficient (Wildman–Crippen LogP) is 1.09. The van der Waals surface area contributed by atoms with E-state index in [1.807, 2.05) is 0 Å². The first-order chi connectivity index (χ1) is 8.74. The molecule has 0 saturated carbocycles. The van der Waals surface area contributed by atoms with Gasteiger partial charge in [0, 0.05) is 62.0 Å². The number of hydrogen-bond donors (Lipinski definition) is 2. The summed E-state index contributed by atoms with van der Waals surface area (Å²) < 4.78 is 0. The summed E-state index contributed by atoms with van der Waals surface area (Å²) in [7, 11) is 0. The van der Waals surface area contributed by atoms with E-state index in [1.165, 1.54) is 18.5 Å². The summed E-state index contributed by atoms with van der Waals surface area (Å²) >= 11 is 0. The maximum Gasteiger partial charge on any atom is 0.279 e. The smallest absolute Gasteiger partial charge is 0.279 e. The molecule has 0 amide bonds. The van der Waals surface area contributed by atoms with Gasteiger partial charge in [-0.3, -0.25) is 4.79 Å². The van der Waals surface area contributed by atoms with Crippen LogP contribution in [0.3, 0.4) is 0 Å². The van der Waals surface area contributed by atoms with Crippen LogP contribution in [-0.4, -0.2) is 25.0 Å². The molecule has 6 nitrogen and oxygen atoms in total. The average Bonchev–Trinajstić information content (AvgIpc) is 2.39. The van der Waals surface area contributed by atoms with Gasteiger partial charge in [-0.2, -0.15) is 0 Å². The van der Waals surface area contributed by atoms with Gasteiger partial charge in [0.2, 0.25) is 0 Å². The molecular weight excluding hydrogens is 459 g/mol. The van der Waals surface area contributed by atoms with Gasteiger partial charge in [0.05, 0.1) is 0 Å². The molecule has 0 fully saturated rings. The van der Waals surface area contributed by atoms with E-state index in [2.05, 4.69) is 19.9 Å². The first-order valence-corrected chi connectivity index (χ1v) is 5.24. The number of phenolic OH excluding ortho intramolecular Hbond substituents is 1. The van der Waals surface area contributed by atoms with Crippen molar-refractivity contribution in [1.29, 1.82) is 0 Å². The van der Waals surface area contributed by atoms with Crippen LogP contribution in [-0.2, 0) is 0 Å². The number of rotatable bonds is 1. The van der Waals surface area contributed by atoms with Crippen molar-refractivity contribution in [3.8, 4) is 17.1 Å². The van der Waals surface area contributed by atoms with Crippen molar-refractivity contribution in [3.05, 3.63) is 47.0 Å². The van der Waals surface area contributed by atoms with E-state index in [1.54, 1.807) is 18.2 Å². The van der Waals surface area contributed by atoms with E-state index in [-0.39, 0.29) is 66.5 Å². The molecule has 1 aromatic carbocycles. The molecule has 19 heavy (non-hydrogen) atoms. The number of H-pyrrole nitrogens is 1. The Morgan fingerprint density at radius 2 is 1.95 bits per heavy atom. The van der Waals surface area contributed by atoms with Gasteiger partial charge in [0.15, 0.2) is 11.2 Å². The minimum atomic E-state index is -0.355. The van der Waals surface area contributed by atoms with Gasteiger partial charge < -0.3 is 10.1 Å². The number of aromatic nitrogens is 4. The third-order valence-electron chi connectivity index (χ3n) is 2.46. The van der Waals surface area contributed by atoms with Crippen molar-refractivity contribution in [2.24, 2.45) is 0 Å². The Hall–Kier alpha value is -1.32. The fourth-order valence-corrected chi connectivity index (χ4v) is 1.66. The molecule has 0 aliphatic carbocycles. The maximum absolute atomic E-state index is 11.8. The average molecular weight is 467 g/mol. The van der Waals surface area contributed by atoms with Crippen molar-refractivity contribution in [2.45, 2.75) is 0 Å². The Balaban J connectivity index is 0.00000133. The van der Waals surface area contributed by atoms with Crippen molar-refractivity contribution < 1.29 is 49.2 Å². The zero-order chi connectivity index (χ0) is 12.5. The standard InChI is InChI=1S/C12H8N4O2.Ac/c17-8-3-1-2-7(6-8)10-15-11-9(12(18)16-10)13-4-5-14-11;/h1-6,17H,(H,14,15,16,18);. The zero-order valence-electron chi connectivity index (χ0n) is 9.74. The second kappa shape index (κ2) is 5.76. The quantitative estimate of drug-likeness (QED) is 0.560. The molecule has 0 bridgehead atoms. The van der Waals surface area contributed by atoms with Crippen molar-refractivity contribution in [2.75, 3.05) is 0 Å². The molecule has 0 aliphatic rings. The number of fused-ring (bicyclic) bond motifs is 1. The van der Waals surface area contributed by atoms with E-state index >= 15 is 0 Å². The molecule has 0 unspecified atom stereocenters. The van der Waals surface area contributed by atoms with Gasteiger partial charge in [-0.05, 0) is 12.1 Å². The SMILES string of the molecule is O=c1[nH]c(-c2cccc(O)c2)nc2nccnc12.[Ac]. The van der Waals surface area contributed by atoms with Crippen LogP contribution < -0.4 is 5.56 Å². The molecular formula is C12H8AcN4O2. The Labute approximate surface area is 143 Å². The topological polar surface area (TPSA) is 91.8 Å². The number of phenols is 1. The minimum absolute atomic E-state index is 0. The molecule has 3 rings (SSSR count). The molecule has 1 radical (unpaired) electrons. The Bertz CT molecular complexity index is 788. The number of hydrogen-bond acceptors (Lipinski definition) is 5. The summed E-state index contributed by atoms with van der Waals surface area (Å²) in [5, 5.41) is 9.41. The molecule has 0 saturated heterocycles. The van der Waals surface area contributed by atoms with Gasteiger partial charge in [0.1, 0.15) is 11.6 Å². The molecule has 0 atom stereocenters. The molecule has 91 valence electrons. The van der Waals surface area contributed by atoms with E-state index < -0.39 is 0 Å². The monoisotopic (exact) mass is 467 g/mol. The number of nitrogens with zero attached hydrogens (tertiary/aromatic N) is 3. The molecule has 3 aromatic rings. The minimum Gasteiger partial charge on any atom is -0.508 e. The second-order valence-corrected chi connectivity index (χ2v) is 3.69. The first-order valence-electron chi connectivity index (χ1n) is 5.24. The summed E-state index contributed by atoms with van der Waals surface area (Å²) in [6.45, 7) is 0. The van der Waals surface area contributed by atoms with Crippen LogP contribution in [0.1, 0.15) is 0 Å². The van der Waals surface area contributed by atoms with Crippen LogP contribution in [0.25, 0.3) is 22.6 Å². The van der Waals surface area contributed by atoms with E-state index in [9.17, 15) is 9.90 Å². The van der Waals surface area contributed by atoms with Gasteiger partial charge in [-0.1, -0.05) is 12.1 Å². The van der Waals surface area contributed by atoms with Crippen LogP contribution in [0.4, 0.5) is 0 Å². The van der Waals surface area contributed by atoms with Crippen LogP contribution in [0.5, 0.6) is 5.75 Å². The first kappa shape index (κ1) is 14.1. The van der Waals surface area contributed by atoms with Crippen molar-refractivity contribution in [3.63, 3.8) is 0 Å².